The molecule has 0 radical (unpaired) electrons. The van der Waals surface area contributed by atoms with Crippen LogP contribution in [-0.4, -0.2) is 7.11 Å². The first-order chi connectivity index (χ1) is 5.29. The van der Waals surface area contributed by atoms with Gasteiger partial charge in [0.25, 0.3) is 0 Å². The van der Waals surface area contributed by atoms with Crippen LogP contribution < -0.4 is 10.5 Å². The number of rotatable bonds is 2. The van der Waals surface area contributed by atoms with Gasteiger partial charge in [0.05, 0.1) is 7.11 Å². The highest BCUT2D eigenvalue weighted by atomic mass is 16.5. The predicted molar refractivity (Wildman–Crippen MR) is 45.6 cm³/mol. The van der Waals surface area contributed by atoms with E-state index in [9.17, 15) is 0 Å². The van der Waals surface area contributed by atoms with Crippen LogP contribution in [0.2, 0.25) is 0 Å². The Morgan fingerprint density at radius 1 is 1.45 bits per heavy atom. The summed E-state index contributed by atoms with van der Waals surface area (Å²) in [6.07, 6.45) is 0. The molecule has 0 heterocycles. The standard InChI is InChI=1S/C9H13NO/c1-7-8(6-10)4-3-5-9(7)11-2/h3-5H,6,10H2,1-2H3. The molecule has 0 saturated carbocycles. The van der Waals surface area contributed by atoms with E-state index >= 15 is 0 Å². The zero-order valence-corrected chi connectivity index (χ0v) is 6.92. The molecule has 0 aromatic heterocycles. The molecule has 0 atom stereocenters. The van der Waals surface area contributed by atoms with Gasteiger partial charge in [0.15, 0.2) is 0 Å². The van der Waals surface area contributed by atoms with Crippen molar-refractivity contribution in [2.75, 3.05) is 7.11 Å². The lowest BCUT2D eigenvalue weighted by Gasteiger charge is -2.07. The SMILES string of the molecule is COc1cccc(CN)c1C. The summed E-state index contributed by atoms with van der Waals surface area (Å²) in [5, 5.41) is 0. The summed E-state index contributed by atoms with van der Waals surface area (Å²) in [5.74, 6) is 0.910. The summed E-state index contributed by atoms with van der Waals surface area (Å²) in [6.45, 7) is 2.59. The summed E-state index contributed by atoms with van der Waals surface area (Å²) in [5.41, 5.74) is 7.80. The second-order valence-electron chi connectivity index (χ2n) is 2.45. The number of methoxy groups -OCH3 is 1. The molecule has 1 aromatic rings. The fraction of sp³-hybridized carbons (Fsp3) is 0.333. The Morgan fingerprint density at radius 2 is 2.18 bits per heavy atom. The molecule has 2 nitrogen and oxygen atoms in total. The maximum absolute atomic E-state index is 5.52. The molecule has 1 aromatic carbocycles. The molecule has 0 aliphatic carbocycles. The van der Waals surface area contributed by atoms with Crippen LogP contribution in [0.25, 0.3) is 0 Å². The zero-order chi connectivity index (χ0) is 8.27. The van der Waals surface area contributed by atoms with Gasteiger partial charge in [-0.05, 0) is 24.1 Å². The van der Waals surface area contributed by atoms with Crippen molar-refractivity contribution in [2.45, 2.75) is 13.5 Å². The van der Waals surface area contributed by atoms with Gasteiger partial charge in [-0.1, -0.05) is 12.1 Å². The summed E-state index contributed by atoms with van der Waals surface area (Å²) >= 11 is 0. The molecule has 1 rings (SSSR count). The van der Waals surface area contributed by atoms with Gasteiger partial charge < -0.3 is 10.5 Å². The van der Waals surface area contributed by atoms with Crippen molar-refractivity contribution in [1.82, 2.24) is 0 Å². The monoisotopic (exact) mass is 151 g/mol. The van der Waals surface area contributed by atoms with Crippen LogP contribution >= 0.6 is 0 Å². The Morgan fingerprint density at radius 3 is 2.73 bits per heavy atom. The van der Waals surface area contributed by atoms with Crippen LogP contribution in [0.15, 0.2) is 18.2 Å². The van der Waals surface area contributed by atoms with Gasteiger partial charge in [-0.15, -0.1) is 0 Å². The second-order valence-corrected chi connectivity index (χ2v) is 2.45. The van der Waals surface area contributed by atoms with E-state index < -0.39 is 0 Å². The number of ether oxygens (including phenoxy) is 1. The molecule has 60 valence electrons. The van der Waals surface area contributed by atoms with Crippen molar-refractivity contribution in [3.8, 4) is 5.75 Å². The summed E-state index contributed by atoms with van der Waals surface area (Å²) < 4.78 is 5.13. The third-order valence-electron chi connectivity index (χ3n) is 1.84. The van der Waals surface area contributed by atoms with Gasteiger partial charge in [0.1, 0.15) is 5.75 Å². The van der Waals surface area contributed by atoms with E-state index in [0.717, 1.165) is 16.9 Å². The highest BCUT2D eigenvalue weighted by Crippen LogP contribution is 2.19. The van der Waals surface area contributed by atoms with Gasteiger partial charge in [0.2, 0.25) is 0 Å². The minimum Gasteiger partial charge on any atom is -0.496 e. The van der Waals surface area contributed by atoms with E-state index in [1.165, 1.54) is 0 Å². The Bertz CT molecular complexity index is 223. The summed E-state index contributed by atoms with van der Waals surface area (Å²) in [7, 11) is 1.67. The lowest BCUT2D eigenvalue weighted by Crippen LogP contribution is -2.00. The first kappa shape index (κ1) is 8.08. The molecule has 11 heavy (non-hydrogen) atoms. The Labute approximate surface area is 67.0 Å². The third-order valence-corrected chi connectivity index (χ3v) is 1.84. The molecular formula is C9H13NO. The van der Waals surface area contributed by atoms with Crippen LogP contribution in [0.3, 0.4) is 0 Å². The molecule has 0 unspecified atom stereocenters. The van der Waals surface area contributed by atoms with Gasteiger partial charge >= 0.3 is 0 Å². The number of nitrogens with two attached hydrogens (primary N) is 1. The van der Waals surface area contributed by atoms with E-state index in [1.54, 1.807) is 7.11 Å². The third kappa shape index (κ3) is 1.52. The Hall–Kier alpha value is -1.02. The first-order valence-corrected chi connectivity index (χ1v) is 3.62. The van der Waals surface area contributed by atoms with Crippen LogP contribution in [-0.2, 0) is 6.54 Å². The summed E-state index contributed by atoms with van der Waals surface area (Å²) in [6, 6.07) is 5.90. The lowest BCUT2D eigenvalue weighted by molar-refractivity contribution is 0.411. The van der Waals surface area contributed by atoms with Gasteiger partial charge in [-0.2, -0.15) is 0 Å². The van der Waals surface area contributed by atoms with Crippen molar-refractivity contribution < 1.29 is 4.74 Å². The van der Waals surface area contributed by atoms with Crippen molar-refractivity contribution in [1.29, 1.82) is 0 Å². The molecule has 0 aliphatic heterocycles. The maximum atomic E-state index is 5.52. The fourth-order valence-electron chi connectivity index (χ4n) is 1.10. The quantitative estimate of drug-likeness (QED) is 0.694. The molecule has 0 spiro atoms. The number of benzene rings is 1. The number of hydrogen-bond donors (Lipinski definition) is 1. The topological polar surface area (TPSA) is 35.2 Å². The van der Waals surface area contributed by atoms with Crippen LogP contribution in [0.4, 0.5) is 0 Å². The first-order valence-electron chi connectivity index (χ1n) is 3.62. The molecule has 0 aliphatic rings. The molecule has 0 saturated heterocycles. The van der Waals surface area contributed by atoms with Crippen molar-refractivity contribution >= 4 is 0 Å². The highest BCUT2D eigenvalue weighted by Gasteiger charge is 2.00. The van der Waals surface area contributed by atoms with E-state index in [1.807, 2.05) is 25.1 Å². The summed E-state index contributed by atoms with van der Waals surface area (Å²) in [4.78, 5) is 0. The van der Waals surface area contributed by atoms with Crippen LogP contribution in [0, 0.1) is 6.92 Å². The molecule has 2 N–H and O–H groups in total. The average molecular weight is 151 g/mol. The molecular weight excluding hydrogens is 138 g/mol. The molecule has 0 amide bonds. The smallest absolute Gasteiger partial charge is 0.122 e. The highest BCUT2D eigenvalue weighted by molar-refractivity contribution is 5.38. The van der Waals surface area contributed by atoms with E-state index in [2.05, 4.69) is 0 Å². The fourth-order valence-corrected chi connectivity index (χ4v) is 1.10. The molecule has 2 heteroatoms. The predicted octanol–water partition coefficient (Wildman–Crippen LogP) is 1.46. The minimum absolute atomic E-state index is 0.572. The van der Waals surface area contributed by atoms with Gasteiger partial charge in [-0.3, -0.25) is 0 Å². The normalized spacial score (nSPS) is 9.73. The van der Waals surface area contributed by atoms with E-state index in [-0.39, 0.29) is 0 Å². The molecule has 0 fully saturated rings. The number of hydrogen-bond acceptors (Lipinski definition) is 2. The van der Waals surface area contributed by atoms with Gasteiger partial charge in [0, 0.05) is 6.54 Å². The molecule has 0 bridgehead atoms. The van der Waals surface area contributed by atoms with E-state index in [0.29, 0.717) is 6.54 Å². The Balaban J connectivity index is 3.10. The van der Waals surface area contributed by atoms with Gasteiger partial charge in [-0.25, -0.2) is 0 Å². The largest absolute Gasteiger partial charge is 0.496 e. The van der Waals surface area contributed by atoms with Crippen LogP contribution in [0.1, 0.15) is 11.1 Å². The zero-order valence-electron chi connectivity index (χ0n) is 6.92. The van der Waals surface area contributed by atoms with Crippen molar-refractivity contribution in [2.24, 2.45) is 5.73 Å². The van der Waals surface area contributed by atoms with Crippen molar-refractivity contribution in [3.63, 3.8) is 0 Å². The van der Waals surface area contributed by atoms with Crippen molar-refractivity contribution in [3.05, 3.63) is 29.3 Å². The minimum atomic E-state index is 0.572. The lowest BCUT2D eigenvalue weighted by atomic mass is 10.1. The van der Waals surface area contributed by atoms with Crippen LogP contribution in [0.5, 0.6) is 5.75 Å². The average Bonchev–Trinajstić information content (AvgIpc) is 2.05. The van der Waals surface area contributed by atoms with E-state index in [4.69, 9.17) is 10.5 Å². The second kappa shape index (κ2) is 3.39. The maximum Gasteiger partial charge on any atom is 0.122 e. The Kier molecular flexibility index (Phi) is 2.49.